The van der Waals surface area contributed by atoms with Crippen molar-refractivity contribution >= 4 is 5.91 Å². The number of rotatable bonds is 5. The molecule has 0 radical (unpaired) electrons. The molecule has 0 spiro atoms. The zero-order valence-electron chi connectivity index (χ0n) is 18.9. The van der Waals surface area contributed by atoms with Crippen LogP contribution in [0.5, 0.6) is 5.75 Å². The van der Waals surface area contributed by atoms with Gasteiger partial charge in [0.25, 0.3) is 5.91 Å². The largest absolute Gasteiger partial charge is 0.497 e. The van der Waals surface area contributed by atoms with Gasteiger partial charge in [-0.25, -0.2) is 4.39 Å². The third kappa shape index (κ3) is 4.51. The summed E-state index contributed by atoms with van der Waals surface area (Å²) in [6, 6.07) is 24.8. The van der Waals surface area contributed by atoms with Crippen molar-refractivity contribution in [3.63, 3.8) is 0 Å². The van der Waals surface area contributed by atoms with Gasteiger partial charge in [-0.05, 0) is 53.9 Å². The highest BCUT2D eigenvalue weighted by molar-refractivity contribution is 5.94. The van der Waals surface area contributed by atoms with E-state index in [1.165, 1.54) is 17.7 Å². The first-order valence-corrected chi connectivity index (χ1v) is 11.6. The number of methoxy groups -OCH3 is 1. The van der Waals surface area contributed by atoms with E-state index >= 15 is 0 Å². The first-order chi connectivity index (χ1) is 16.1. The van der Waals surface area contributed by atoms with Crippen molar-refractivity contribution < 1.29 is 13.9 Å². The molecule has 0 aliphatic carbocycles. The van der Waals surface area contributed by atoms with Gasteiger partial charge in [-0.15, -0.1) is 0 Å². The second-order valence-electron chi connectivity index (χ2n) is 9.09. The van der Waals surface area contributed by atoms with Crippen LogP contribution < -0.4 is 4.74 Å². The smallest absolute Gasteiger partial charge is 0.254 e. The van der Waals surface area contributed by atoms with Crippen LogP contribution in [0.3, 0.4) is 0 Å². The van der Waals surface area contributed by atoms with E-state index < -0.39 is 0 Å². The molecule has 2 aliphatic heterocycles. The minimum absolute atomic E-state index is 0.0939. The molecule has 0 unspecified atom stereocenters. The van der Waals surface area contributed by atoms with Crippen LogP contribution in [0.1, 0.15) is 33.8 Å². The van der Waals surface area contributed by atoms with E-state index in [0.29, 0.717) is 12.5 Å². The van der Waals surface area contributed by atoms with Gasteiger partial charge in [-0.1, -0.05) is 42.5 Å². The molecule has 2 aliphatic rings. The Balaban J connectivity index is 1.40. The van der Waals surface area contributed by atoms with Gasteiger partial charge in [-0.3, -0.25) is 9.69 Å². The number of hydrogen-bond acceptors (Lipinski definition) is 3. The molecule has 2 heterocycles. The molecule has 0 saturated carbocycles. The highest BCUT2D eigenvalue weighted by Crippen LogP contribution is 2.42. The minimum Gasteiger partial charge on any atom is -0.497 e. The molecule has 3 aromatic rings. The Hall–Kier alpha value is -3.18. The summed E-state index contributed by atoms with van der Waals surface area (Å²) in [6.07, 6.45) is 0.935. The van der Waals surface area contributed by atoms with E-state index in [9.17, 15) is 9.18 Å². The first kappa shape index (κ1) is 21.7. The number of halogens is 1. The lowest BCUT2D eigenvalue weighted by Crippen LogP contribution is -2.47. The van der Waals surface area contributed by atoms with E-state index in [-0.39, 0.29) is 23.7 Å². The van der Waals surface area contributed by atoms with E-state index in [0.717, 1.165) is 42.9 Å². The number of nitrogens with zero attached hydrogens (tertiary/aromatic N) is 2. The van der Waals surface area contributed by atoms with Gasteiger partial charge >= 0.3 is 0 Å². The van der Waals surface area contributed by atoms with Gasteiger partial charge in [0.1, 0.15) is 11.6 Å². The summed E-state index contributed by atoms with van der Waals surface area (Å²) in [6.45, 7) is 3.36. The number of carbonyl (C=O) groups excluding carboxylic acids is 1. The van der Waals surface area contributed by atoms with E-state index in [2.05, 4.69) is 21.9 Å². The fraction of sp³-hybridized carbons (Fsp3) is 0.321. The van der Waals surface area contributed by atoms with Gasteiger partial charge < -0.3 is 9.64 Å². The van der Waals surface area contributed by atoms with Crippen molar-refractivity contribution in [3.05, 3.63) is 101 Å². The van der Waals surface area contributed by atoms with E-state index in [4.69, 9.17) is 4.74 Å². The van der Waals surface area contributed by atoms with Crippen molar-refractivity contribution in [1.82, 2.24) is 9.80 Å². The molecule has 33 heavy (non-hydrogen) atoms. The maximum absolute atomic E-state index is 13.6. The fourth-order valence-electron chi connectivity index (χ4n) is 5.52. The van der Waals surface area contributed by atoms with Crippen LogP contribution in [0.2, 0.25) is 0 Å². The highest BCUT2D eigenvalue weighted by Gasteiger charge is 2.47. The second kappa shape index (κ2) is 9.36. The molecule has 2 fully saturated rings. The number of amides is 1. The topological polar surface area (TPSA) is 32.8 Å². The Kier molecular flexibility index (Phi) is 6.14. The summed E-state index contributed by atoms with van der Waals surface area (Å²) < 4.78 is 19.0. The highest BCUT2D eigenvalue weighted by atomic mass is 19.1. The average Bonchev–Trinajstić information content (AvgIpc) is 3.23. The summed E-state index contributed by atoms with van der Waals surface area (Å²) in [5.74, 6) is 1.23. The van der Waals surface area contributed by atoms with Crippen molar-refractivity contribution in [2.75, 3.05) is 26.7 Å². The predicted molar refractivity (Wildman–Crippen MR) is 127 cm³/mol. The number of ether oxygens (including phenoxy) is 1. The number of carbonyl (C=O) groups is 1. The van der Waals surface area contributed by atoms with Crippen LogP contribution in [0.4, 0.5) is 4.39 Å². The lowest BCUT2D eigenvalue weighted by Gasteiger charge is -2.39. The molecule has 0 N–H and O–H groups in total. The third-order valence-corrected chi connectivity index (χ3v) is 7.13. The fourth-order valence-corrected chi connectivity index (χ4v) is 5.52. The number of piperidine rings is 1. The average molecular weight is 445 g/mol. The van der Waals surface area contributed by atoms with Gasteiger partial charge in [0.2, 0.25) is 0 Å². The zero-order valence-corrected chi connectivity index (χ0v) is 18.9. The number of benzene rings is 3. The lowest BCUT2D eigenvalue weighted by atomic mass is 9.81. The van der Waals surface area contributed by atoms with Crippen LogP contribution in [0, 0.1) is 11.7 Å². The van der Waals surface area contributed by atoms with Crippen LogP contribution in [0.15, 0.2) is 78.9 Å². The van der Waals surface area contributed by atoms with Gasteiger partial charge in [0.15, 0.2) is 0 Å². The van der Waals surface area contributed by atoms with Crippen LogP contribution in [-0.2, 0) is 6.54 Å². The van der Waals surface area contributed by atoms with Gasteiger partial charge in [0, 0.05) is 49.6 Å². The lowest BCUT2D eigenvalue weighted by molar-refractivity contribution is 0.0614. The molecule has 4 nitrogen and oxygen atoms in total. The molecule has 1 amide bonds. The molecule has 0 aromatic heterocycles. The van der Waals surface area contributed by atoms with E-state index in [1.54, 1.807) is 7.11 Å². The van der Waals surface area contributed by atoms with Crippen molar-refractivity contribution in [2.45, 2.75) is 24.9 Å². The Morgan fingerprint density at radius 2 is 1.79 bits per heavy atom. The van der Waals surface area contributed by atoms with Crippen molar-refractivity contribution in [1.29, 1.82) is 0 Å². The molecule has 3 aromatic carbocycles. The van der Waals surface area contributed by atoms with Gasteiger partial charge in [0.05, 0.1) is 7.11 Å². The summed E-state index contributed by atoms with van der Waals surface area (Å²) in [5, 5.41) is 0. The molecule has 5 rings (SSSR count). The summed E-state index contributed by atoms with van der Waals surface area (Å²) >= 11 is 0. The maximum atomic E-state index is 13.6. The summed E-state index contributed by atoms with van der Waals surface area (Å²) in [4.78, 5) is 18.0. The van der Waals surface area contributed by atoms with E-state index in [1.807, 2.05) is 54.6 Å². The number of fused-ring (bicyclic) bond motifs is 1. The Labute approximate surface area is 194 Å². The Bertz CT molecular complexity index is 1100. The van der Waals surface area contributed by atoms with Crippen LogP contribution in [0.25, 0.3) is 0 Å². The number of hydrogen-bond donors (Lipinski definition) is 0. The normalized spacial score (nSPS) is 22.7. The molecule has 5 heteroatoms. The second-order valence-corrected chi connectivity index (χ2v) is 9.09. The Morgan fingerprint density at radius 3 is 2.55 bits per heavy atom. The monoisotopic (exact) mass is 444 g/mol. The molecule has 170 valence electrons. The molecule has 3 atom stereocenters. The van der Waals surface area contributed by atoms with Crippen molar-refractivity contribution in [2.24, 2.45) is 5.92 Å². The molecular formula is C28H29FN2O2. The van der Waals surface area contributed by atoms with Crippen LogP contribution >= 0.6 is 0 Å². The zero-order chi connectivity index (χ0) is 22.8. The van der Waals surface area contributed by atoms with Gasteiger partial charge in [-0.2, -0.15) is 0 Å². The number of likely N-dealkylation sites (tertiary alicyclic amines) is 2. The molecule has 0 bridgehead atoms. The maximum Gasteiger partial charge on any atom is 0.254 e. The SMILES string of the molecule is COc1cccc(CN2CC[C@@H]3[C@H](C2)[C@@H](c2ccc(F)cc2)CN3C(=O)c2ccccc2)c1. The summed E-state index contributed by atoms with van der Waals surface area (Å²) in [7, 11) is 1.69. The standard InChI is InChI=1S/C28H29FN2O2/c1-33-24-9-5-6-20(16-24)17-30-15-14-27-26(18-30)25(21-10-12-23(29)13-11-21)19-31(27)28(32)22-7-3-2-4-8-22/h2-13,16,25-27H,14-15,17-19H2,1H3/t25-,26-,27-/m1/s1. The minimum atomic E-state index is -0.228. The quantitative estimate of drug-likeness (QED) is 0.557. The Morgan fingerprint density at radius 1 is 1.00 bits per heavy atom. The van der Waals surface area contributed by atoms with Crippen LogP contribution in [-0.4, -0.2) is 48.5 Å². The molecule has 2 saturated heterocycles. The third-order valence-electron chi connectivity index (χ3n) is 7.13. The van der Waals surface area contributed by atoms with Crippen molar-refractivity contribution in [3.8, 4) is 5.75 Å². The summed E-state index contributed by atoms with van der Waals surface area (Å²) in [5.41, 5.74) is 3.06. The first-order valence-electron chi connectivity index (χ1n) is 11.6. The predicted octanol–water partition coefficient (Wildman–Crippen LogP) is 4.96. The molecular weight excluding hydrogens is 415 g/mol.